The fourth-order valence-corrected chi connectivity index (χ4v) is 3.34. The second kappa shape index (κ2) is 5.30. The molecule has 1 fully saturated rings. The summed E-state index contributed by atoms with van der Waals surface area (Å²) in [5.41, 5.74) is 1.12. The van der Waals surface area contributed by atoms with Crippen molar-refractivity contribution in [3.05, 3.63) is 16.1 Å². The molecule has 0 radical (unpaired) electrons. The molecule has 15 heavy (non-hydrogen) atoms. The molecule has 0 bridgehead atoms. The maximum absolute atomic E-state index is 5.70. The van der Waals surface area contributed by atoms with Crippen molar-refractivity contribution in [1.29, 1.82) is 0 Å². The van der Waals surface area contributed by atoms with Crippen LogP contribution >= 0.6 is 23.1 Å². The van der Waals surface area contributed by atoms with E-state index in [0.717, 1.165) is 28.8 Å². The van der Waals surface area contributed by atoms with Crippen molar-refractivity contribution >= 4 is 23.1 Å². The van der Waals surface area contributed by atoms with Crippen molar-refractivity contribution < 1.29 is 4.74 Å². The molecule has 1 aromatic rings. The maximum atomic E-state index is 5.70. The molecule has 0 aromatic carbocycles. The van der Waals surface area contributed by atoms with Gasteiger partial charge in [0.2, 0.25) is 0 Å². The van der Waals surface area contributed by atoms with Gasteiger partial charge in [0.15, 0.2) is 0 Å². The van der Waals surface area contributed by atoms with E-state index in [9.17, 15) is 0 Å². The normalized spacial score (nSPS) is 24.0. The highest BCUT2D eigenvalue weighted by molar-refractivity contribution is 7.99. The minimum Gasteiger partial charge on any atom is -0.369 e. The van der Waals surface area contributed by atoms with Gasteiger partial charge in [0.1, 0.15) is 11.1 Å². The summed E-state index contributed by atoms with van der Waals surface area (Å²) in [6.07, 6.45) is 0.214. The SMILES string of the molecule is CNC(C)c1csc(C2CSCCO2)n1. The molecular formula is C10H16N2OS2. The number of nitrogens with one attached hydrogen (secondary N) is 1. The van der Waals surface area contributed by atoms with Gasteiger partial charge in [-0.05, 0) is 14.0 Å². The molecule has 84 valence electrons. The fourth-order valence-electron chi connectivity index (χ4n) is 1.43. The van der Waals surface area contributed by atoms with Crippen molar-refractivity contribution in [3.8, 4) is 0 Å². The molecule has 0 spiro atoms. The third-order valence-electron chi connectivity index (χ3n) is 2.51. The monoisotopic (exact) mass is 244 g/mol. The molecule has 0 amide bonds. The van der Waals surface area contributed by atoms with Crippen LogP contribution in [0.4, 0.5) is 0 Å². The van der Waals surface area contributed by atoms with Crippen LogP contribution in [0.15, 0.2) is 5.38 Å². The average Bonchev–Trinajstić information content (AvgIpc) is 2.78. The molecule has 1 N–H and O–H groups in total. The highest BCUT2D eigenvalue weighted by Gasteiger charge is 2.20. The highest BCUT2D eigenvalue weighted by atomic mass is 32.2. The zero-order valence-electron chi connectivity index (χ0n) is 9.03. The van der Waals surface area contributed by atoms with E-state index in [4.69, 9.17) is 4.74 Å². The van der Waals surface area contributed by atoms with Crippen molar-refractivity contribution in [1.82, 2.24) is 10.3 Å². The summed E-state index contributed by atoms with van der Waals surface area (Å²) in [5.74, 6) is 2.16. The summed E-state index contributed by atoms with van der Waals surface area (Å²) in [6, 6.07) is 0.325. The molecule has 2 heterocycles. The molecule has 2 atom stereocenters. The molecule has 3 nitrogen and oxygen atoms in total. The lowest BCUT2D eigenvalue weighted by molar-refractivity contribution is 0.0754. The van der Waals surface area contributed by atoms with Gasteiger partial charge in [0.05, 0.1) is 12.3 Å². The lowest BCUT2D eigenvalue weighted by Crippen LogP contribution is -2.16. The summed E-state index contributed by atoms with van der Waals surface area (Å²) < 4.78 is 5.70. The predicted molar refractivity (Wildman–Crippen MR) is 65.6 cm³/mol. The van der Waals surface area contributed by atoms with E-state index in [1.807, 2.05) is 18.8 Å². The molecule has 1 aliphatic rings. The first-order valence-corrected chi connectivity index (χ1v) is 7.16. The molecular weight excluding hydrogens is 228 g/mol. The van der Waals surface area contributed by atoms with Gasteiger partial charge in [-0.25, -0.2) is 4.98 Å². The minimum absolute atomic E-state index is 0.214. The Balaban J connectivity index is 2.05. The van der Waals surface area contributed by atoms with Gasteiger partial charge in [-0.1, -0.05) is 0 Å². The standard InChI is InChI=1S/C10H16N2OS2/c1-7(11-2)8-5-15-10(12-8)9-6-14-4-3-13-9/h5,7,9,11H,3-4,6H2,1-2H3. The summed E-state index contributed by atoms with van der Waals surface area (Å²) in [5, 5.41) is 6.44. The van der Waals surface area contributed by atoms with Crippen LogP contribution < -0.4 is 5.32 Å². The second-order valence-electron chi connectivity index (χ2n) is 3.56. The van der Waals surface area contributed by atoms with E-state index in [0.29, 0.717) is 6.04 Å². The van der Waals surface area contributed by atoms with Crippen LogP contribution in [0, 0.1) is 0 Å². The lowest BCUT2D eigenvalue weighted by Gasteiger charge is -2.20. The summed E-state index contributed by atoms with van der Waals surface area (Å²) in [7, 11) is 1.96. The van der Waals surface area contributed by atoms with Gasteiger partial charge >= 0.3 is 0 Å². The lowest BCUT2D eigenvalue weighted by atomic mass is 10.3. The predicted octanol–water partition coefficient (Wildman–Crippen LogP) is 2.23. The third kappa shape index (κ3) is 2.72. The van der Waals surface area contributed by atoms with Crippen LogP contribution in [0.25, 0.3) is 0 Å². The summed E-state index contributed by atoms with van der Waals surface area (Å²) >= 11 is 3.66. The highest BCUT2D eigenvalue weighted by Crippen LogP contribution is 2.29. The van der Waals surface area contributed by atoms with Gasteiger partial charge in [-0.3, -0.25) is 0 Å². The Morgan fingerprint density at radius 3 is 3.20 bits per heavy atom. The van der Waals surface area contributed by atoms with Crippen molar-refractivity contribution in [2.45, 2.75) is 19.1 Å². The average molecular weight is 244 g/mol. The van der Waals surface area contributed by atoms with Crippen LogP contribution in [0.2, 0.25) is 0 Å². The van der Waals surface area contributed by atoms with Crippen LogP contribution in [-0.2, 0) is 4.74 Å². The van der Waals surface area contributed by atoms with E-state index in [-0.39, 0.29) is 6.10 Å². The van der Waals surface area contributed by atoms with E-state index in [1.54, 1.807) is 11.3 Å². The Kier molecular flexibility index (Phi) is 4.02. The van der Waals surface area contributed by atoms with Gasteiger partial charge in [-0.2, -0.15) is 11.8 Å². The molecule has 1 saturated heterocycles. The number of hydrogen-bond donors (Lipinski definition) is 1. The first-order valence-electron chi connectivity index (χ1n) is 5.13. The number of hydrogen-bond acceptors (Lipinski definition) is 5. The number of aromatic nitrogens is 1. The third-order valence-corrected chi connectivity index (χ3v) is 4.46. The van der Waals surface area contributed by atoms with Gasteiger partial charge in [0, 0.05) is 22.9 Å². The zero-order valence-corrected chi connectivity index (χ0v) is 10.7. The number of thiazole rings is 1. The molecule has 0 saturated carbocycles. The number of thioether (sulfide) groups is 1. The van der Waals surface area contributed by atoms with E-state index in [2.05, 4.69) is 22.6 Å². The smallest absolute Gasteiger partial charge is 0.123 e. The second-order valence-corrected chi connectivity index (χ2v) is 5.59. The van der Waals surface area contributed by atoms with Crippen molar-refractivity contribution in [2.75, 3.05) is 25.2 Å². The van der Waals surface area contributed by atoms with Crippen LogP contribution in [-0.4, -0.2) is 30.1 Å². The molecule has 1 aromatic heterocycles. The van der Waals surface area contributed by atoms with E-state index < -0.39 is 0 Å². The molecule has 2 rings (SSSR count). The quantitative estimate of drug-likeness (QED) is 0.884. The zero-order chi connectivity index (χ0) is 10.7. The van der Waals surface area contributed by atoms with E-state index >= 15 is 0 Å². The maximum Gasteiger partial charge on any atom is 0.123 e. The first kappa shape index (κ1) is 11.4. The Labute approximate surface area is 98.6 Å². The Hall–Kier alpha value is -0.100. The van der Waals surface area contributed by atoms with Crippen LogP contribution in [0.1, 0.15) is 29.8 Å². The van der Waals surface area contributed by atoms with Gasteiger partial charge in [-0.15, -0.1) is 11.3 Å². The molecule has 0 aliphatic carbocycles. The van der Waals surface area contributed by atoms with Crippen molar-refractivity contribution in [2.24, 2.45) is 0 Å². The topological polar surface area (TPSA) is 34.1 Å². The van der Waals surface area contributed by atoms with Gasteiger partial charge in [0.25, 0.3) is 0 Å². The number of ether oxygens (including phenoxy) is 1. The Morgan fingerprint density at radius 2 is 2.53 bits per heavy atom. The van der Waals surface area contributed by atoms with Crippen molar-refractivity contribution in [3.63, 3.8) is 0 Å². The number of rotatable bonds is 3. The largest absolute Gasteiger partial charge is 0.369 e. The van der Waals surface area contributed by atoms with Crippen LogP contribution in [0.5, 0.6) is 0 Å². The Morgan fingerprint density at radius 1 is 1.67 bits per heavy atom. The molecule has 5 heteroatoms. The van der Waals surface area contributed by atoms with Crippen LogP contribution in [0.3, 0.4) is 0 Å². The summed E-state index contributed by atoms with van der Waals surface area (Å²) in [6.45, 7) is 2.97. The summed E-state index contributed by atoms with van der Waals surface area (Å²) in [4.78, 5) is 4.62. The Bertz CT molecular complexity index is 310. The molecule has 2 unspecified atom stereocenters. The van der Waals surface area contributed by atoms with E-state index in [1.165, 1.54) is 0 Å². The van der Waals surface area contributed by atoms with Gasteiger partial charge < -0.3 is 10.1 Å². The first-order chi connectivity index (χ1) is 7.31. The fraction of sp³-hybridized carbons (Fsp3) is 0.700. The number of nitrogens with zero attached hydrogens (tertiary/aromatic N) is 1. The minimum atomic E-state index is 0.214. The molecule has 1 aliphatic heterocycles.